The topological polar surface area (TPSA) is 76.1 Å². The van der Waals surface area contributed by atoms with E-state index in [4.69, 9.17) is 9.47 Å². The minimum Gasteiger partial charge on any atom is -0.479 e. The zero-order valence-corrected chi connectivity index (χ0v) is 13.8. The molecule has 122 valence electrons. The summed E-state index contributed by atoms with van der Waals surface area (Å²) in [5.41, 5.74) is -1.93. The molecule has 0 saturated carbocycles. The van der Waals surface area contributed by atoms with Crippen LogP contribution in [0.5, 0.6) is 0 Å². The van der Waals surface area contributed by atoms with Gasteiger partial charge in [-0.15, -0.1) is 0 Å². The van der Waals surface area contributed by atoms with E-state index in [9.17, 15) is 14.7 Å². The average Bonchev–Trinajstić information content (AvgIpc) is 2.35. The van der Waals surface area contributed by atoms with Crippen molar-refractivity contribution in [2.75, 3.05) is 13.7 Å². The highest BCUT2D eigenvalue weighted by molar-refractivity contribution is 5.84. The molecular weight excluding hydrogens is 274 g/mol. The molecule has 0 aromatic carbocycles. The van der Waals surface area contributed by atoms with Gasteiger partial charge in [0.25, 0.3) is 0 Å². The minimum absolute atomic E-state index is 0.181. The summed E-state index contributed by atoms with van der Waals surface area (Å²) >= 11 is 0. The molecule has 21 heavy (non-hydrogen) atoms. The maximum Gasteiger partial charge on any atom is 0.410 e. The molecule has 0 aromatic rings. The van der Waals surface area contributed by atoms with Crippen molar-refractivity contribution in [1.29, 1.82) is 0 Å². The van der Waals surface area contributed by atoms with Crippen LogP contribution in [0.4, 0.5) is 4.79 Å². The van der Waals surface area contributed by atoms with Crippen molar-refractivity contribution >= 4 is 12.1 Å². The molecule has 1 aliphatic heterocycles. The lowest BCUT2D eigenvalue weighted by molar-refractivity contribution is -0.162. The average molecular weight is 301 g/mol. The van der Waals surface area contributed by atoms with E-state index in [-0.39, 0.29) is 24.9 Å². The lowest BCUT2D eigenvalue weighted by atomic mass is 9.82. The molecule has 1 rings (SSSR count). The standard InChI is InChI=1S/C15H27NO5/c1-10(2)11-9-15(12(17)18,7-8-20-11)16(6)13(19)21-14(3,4)5/h10-11H,7-9H2,1-6H3,(H,17,18). The Morgan fingerprint density at radius 1 is 1.38 bits per heavy atom. The van der Waals surface area contributed by atoms with Crippen molar-refractivity contribution < 1.29 is 24.2 Å². The van der Waals surface area contributed by atoms with Crippen LogP contribution in [0, 0.1) is 5.92 Å². The van der Waals surface area contributed by atoms with E-state index in [2.05, 4.69) is 0 Å². The van der Waals surface area contributed by atoms with Gasteiger partial charge in [-0.3, -0.25) is 4.90 Å². The van der Waals surface area contributed by atoms with Crippen molar-refractivity contribution in [3.8, 4) is 0 Å². The predicted octanol–water partition coefficient (Wildman–Crippen LogP) is 2.51. The molecule has 1 amide bonds. The third-order valence-electron chi connectivity index (χ3n) is 3.84. The van der Waals surface area contributed by atoms with Crippen molar-refractivity contribution in [1.82, 2.24) is 4.90 Å². The summed E-state index contributed by atoms with van der Waals surface area (Å²) in [6.07, 6.45) is -0.258. The van der Waals surface area contributed by atoms with Crippen LogP contribution in [0.15, 0.2) is 0 Å². The predicted molar refractivity (Wildman–Crippen MR) is 78.2 cm³/mol. The van der Waals surface area contributed by atoms with Crippen LogP contribution < -0.4 is 0 Å². The first-order chi connectivity index (χ1) is 9.49. The number of amides is 1. The van der Waals surface area contributed by atoms with Crippen LogP contribution in [-0.2, 0) is 14.3 Å². The Morgan fingerprint density at radius 3 is 2.38 bits per heavy atom. The van der Waals surface area contributed by atoms with Gasteiger partial charge in [-0.1, -0.05) is 13.8 Å². The second-order valence-electron chi connectivity index (χ2n) is 6.98. The number of rotatable bonds is 3. The third-order valence-corrected chi connectivity index (χ3v) is 3.84. The smallest absolute Gasteiger partial charge is 0.410 e. The van der Waals surface area contributed by atoms with Gasteiger partial charge in [0.1, 0.15) is 11.1 Å². The summed E-state index contributed by atoms with van der Waals surface area (Å²) in [7, 11) is 1.49. The van der Waals surface area contributed by atoms with E-state index in [1.807, 2.05) is 13.8 Å². The molecule has 6 nitrogen and oxygen atoms in total. The third kappa shape index (κ3) is 4.09. The zero-order chi connectivity index (χ0) is 16.4. The Bertz CT molecular complexity index is 401. The second kappa shape index (κ2) is 6.22. The molecule has 0 radical (unpaired) electrons. The number of carbonyl (C=O) groups excluding carboxylic acids is 1. The van der Waals surface area contributed by atoms with Crippen molar-refractivity contribution in [3.63, 3.8) is 0 Å². The number of carboxylic acid groups (broad SMARTS) is 1. The molecule has 0 bridgehead atoms. The lowest BCUT2D eigenvalue weighted by Crippen LogP contribution is -2.60. The molecule has 1 N–H and O–H groups in total. The van der Waals surface area contributed by atoms with E-state index >= 15 is 0 Å². The van der Waals surface area contributed by atoms with Gasteiger partial charge in [0.15, 0.2) is 0 Å². The Labute approximate surface area is 126 Å². The van der Waals surface area contributed by atoms with Gasteiger partial charge in [-0.2, -0.15) is 0 Å². The first kappa shape index (κ1) is 17.8. The Hall–Kier alpha value is -1.30. The van der Waals surface area contributed by atoms with Crippen LogP contribution in [0.25, 0.3) is 0 Å². The first-order valence-electron chi connectivity index (χ1n) is 7.31. The highest BCUT2D eigenvalue weighted by Crippen LogP contribution is 2.34. The molecular formula is C15H27NO5. The molecule has 1 aliphatic rings. The number of nitrogens with zero attached hydrogens (tertiary/aromatic N) is 1. The molecule has 2 unspecified atom stereocenters. The molecule has 0 aliphatic carbocycles. The Morgan fingerprint density at radius 2 is 1.95 bits per heavy atom. The maximum atomic E-state index is 12.2. The normalized spacial score (nSPS) is 26.5. The van der Waals surface area contributed by atoms with Crippen LogP contribution in [0.1, 0.15) is 47.5 Å². The Balaban J connectivity index is 2.99. The van der Waals surface area contributed by atoms with E-state index in [1.54, 1.807) is 20.8 Å². The summed E-state index contributed by atoms with van der Waals surface area (Å²) in [5, 5.41) is 9.70. The van der Waals surface area contributed by atoms with Gasteiger partial charge >= 0.3 is 12.1 Å². The monoisotopic (exact) mass is 301 g/mol. The number of carbonyl (C=O) groups is 2. The van der Waals surface area contributed by atoms with Crippen LogP contribution in [0.3, 0.4) is 0 Å². The number of likely N-dealkylation sites (N-methyl/N-ethyl adjacent to an activating group) is 1. The van der Waals surface area contributed by atoms with Gasteiger partial charge in [0, 0.05) is 26.5 Å². The molecule has 6 heteroatoms. The van der Waals surface area contributed by atoms with Gasteiger partial charge in [0.2, 0.25) is 0 Å². The molecule has 1 heterocycles. The fourth-order valence-electron chi connectivity index (χ4n) is 2.45. The molecule has 1 fully saturated rings. The number of aliphatic carboxylic acids is 1. The highest BCUT2D eigenvalue weighted by atomic mass is 16.6. The van der Waals surface area contributed by atoms with E-state index in [0.29, 0.717) is 6.61 Å². The summed E-state index contributed by atoms with van der Waals surface area (Å²) in [4.78, 5) is 25.3. The van der Waals surface area contributed by atoms with Crippen LogP contribution in [0.2, 0.25) is 0 Å². The van der Waals surface area contributed by atoms with Gasteiger partial charge in [-0.25, -0.2) is 9.59 Å². The number of hydrogen-bond donors (Lipinski definition) is 1. The van der Waals surface area contributed by atoms with Crippen molar-refractivity contribution in [2.45, 2.75) is 64.7 Å². The SMILES string of the molecule is CC(C)C1CC(C(=O)O)(N(C)C(=O)OC(C)(C)C)CCO1. The summed E-state index contributed by atoms with van der Waals surface area (Å²) < 4.78 is 10.9. The van der Waals surface area contributed by atoms with Crippen molar-refractivity contribution in [3.05, 3.63) is 0 Å². The second-order valence-corrected chi connectivity index (χ2v) is 6.98. The summed E-state index contributed by atoms with van der Waals surface area (Å²) in [6.45, 7) is 9.56. The molecule has 0 aromatic heterocycles. The van der Waals surface area contributed by atoms with Crippen LogP contribution >= 0.6 is 0 Å². The van der Waals surface area contributed by atoms with Gasteiger partial charge in [0.05, 0.1) is 6.10 Å². The summed E-state index contributed by atoms with van der Waals surface area (Å²) in [5.74, 6) is -0.819. The fourth-order valence-corrected chi connectivity index (χ4v) is 2.45. The number of ether oxygens (including phenoxy) is 2. The highest BCUT2D eigenvalue weighted by Gasteiger charge is 2.50. The van der Waals surface area contributed by atoms with E-state index in [1.165, 1.54) is 11.9 Å². The maximum absolute atomic E-state index is 12.2. The number of hydrogen-bond acceptors (Lipinski definition) is 4. The molecule has 2 atom stereocenters. The van der Waals surface area contributed by atoms with E-state index < -0.39 is 23.2 Å². The van der Waals surface area contributed by atoms with Crippen LogP contribution in [-0.4, -0.2) is 53.0 Å². The zero-order valence-electron chi connectivity index (χ0n) is 13.8. The quantitative estimate of drug-likeness (QED) is 0.866. The number of carboxylic acids is 1. The molecule has 0 spiro atoms. The minimum atomic E-state index is -1.27. The van der Waals surface area contributed by atoms with E-state index in [0.717, 1.165) is 0 Å². The Kier molecular flexibility index (Phi) is 5.25. The van der Waals surface area contributed by atoms with Gasteiger partial charge < -0.3 is 14.6 Å². The fraction of sp³-hybridized carbons (Fsp3) is 0.867. The lowest BCUT2D eigenvalue weighted by Gasteiger charge is -2.44. The first-order valence-corrected chi connectivity index (χ1v) is 7.31. The van der Waals surface area contributed by atoms with Gasteiger partial charge in [-0.05, 0) is 26.7 Å². The summed E-state index contributed by atoms with van der Waals surface area (Å²) in [6, 6.07) is 0. The van der Waals surface area contributed by atoms with Crippen molar-refractivity contribution in [2.24, 2.45) is 5.92 Å². The largest absolute Gasteiger partial charge is 0.479 e. The molecule has 1 saturated heterocycles.